The van der Waals surface area contributed by atoms with E-state index in [1.54, 1.807) is 0 Å². The van der Waals surface area contributed by atoms with Gasteiger partial charge in [-0.1, -0.05) is 29.8 Å². The molecule has 0 radical (unpaired) electrons. The predicted molar refractivity (Wildman–Crippen MR) is 65.3 cm³/mol. The van der Waals surface area contributed by atoms with Crippen molar-refractivity contribution in [2.45, 2.75) is 13.8 Å². The fourth-order valence-electron chi connectivity index (χ4n) is 1.65. The maximum absolute atomic E-state index is 5.77. The van der Waals surface area contributed by atoms with Gasteiger partial charge < -0.3 is 4.42 Å². The van der Waals surface area contributed by atoms with Crippen molar-refractivity contribution in [1.82, 2.24) is 0 Å². The molecule has 1 heterocycles. The van der Waals surface area contributed by atoms with Crippen LogP contribution in [0.2, 0.25) is 0 Å². The van der Waals surface area contributed by atoms with Crippen LogP contribution in [0.1, 0.15) is 18.2 Å². The average molecular weight is 221 g/mol. The summed E-state index contributed by atoms with van der Waals surface area (Å²) in [5.41, 5.74) is 3.22. The third-order valence-electron chi connectivity index (χ3n) is 2.42. The Kier molecular flexibility index (Phi) is 2.83. The molecule has 2 aromatic rings. The van der Waals surface area contributed by atoms with Crippen LogP contribution in [0.3, 0.4) is 0 Å². The second-order valence-electron chi connectivity index (χ2n) is 3.69. The van der Waals surface area contributed by atoms with Crippen LogP contribution < -0.4 is 0 Å². The Hall–Kier alpha value is -1.21. The fourth-order valence-corrected chi connectivity index (χ4v) is 1.73. The molecule has 0 spiro atoms. The molecule has 0 amide bonds. The van der Waals surface area contributed by atoms with Gasteiger partial charge in [0.25, 0.3) is 0 Å². The minimum Gasteiger partial charge on any atom is -0.461 e. The molecule has 0 aliphatic rings. The molecule has 0 fully saturated rings. The molecule has 0 saturated heterocycles. The van der Waals surface area contributed by atoms with Crippen LogP contribution in [0.15, 0.2) is 34.3 Å². The molecular weight excluding hydrogens is 208 g/mol. The van der Waals surface area contributed by atoms with Crippen LogP contribution in [0.25, 0.3) is 17.0 Å². The molecular formula is C13H13ClO. The molecule has 2 rings (SSSR count). The van der Waals surface area contributed by atoms with E-state index >= 15 is 0 Å². The summed E-state index contributed by atoms with van der Waals surface area (Å²) in [7, 11) is 0. The van der Waals surface area contributed by atoms with Gasteiger partial charge in [-0.05, 0) is 19.9 Å². The molecule has 78 valence electrons. The van der Waals surface area contributed by atoms with Gasteiger partial charge in [0.15, 0.2) is 0 Å². The van der Waals surface area contributed by atoms with Crippen molar-refractivity contribution in [3.8, 4) is 0 Å². The SMILES string of the molecule is C/C(=C/c1c(C)oc2ccccc12)CCl. The lowest BCUT2D eigenvalue weighted by Crippen LogP contribution is -1.79. The highest BCUT2D eigenvalue weighted by molar-refractivity contribution is 6.19. The summed E-state index contributed by atoms with van der Waals surface area (Å²) in [6.07, 6.45) is 2.09. The summed E-state index contributed by atoms with van der Waals surface area (Å²) >= 11 is 5.77. The molecule has 0 N–H and O–H groups in total. The van der Waals surface area contributed by atoms with Crippen LogP contribution in [0.5, 0.6) is 0 Å². The molecule has 0 atom stereocenters. The normalized spacial score (nSPS) is 12.3. The number of hydrogen-bond donors (Lipinski definition) is 0. The van der Waals surface area contributed by atoms with E-state index in [9.17, 15) is 0 Å². The van der Waals surface area contributed by atoms with Gasteiger partial charge >= 0.3 is 0 Å². The third kappa shape index (κ3) is 1.93. The van der Waals surface area contributed by atoms with Gasteiger partial charge in [0.2, 0.25) is 0 Å². The zero-order chi connectivity index (χ0) is 10.8. The van der Waals surface area contributed by atoms with Crippen molar-refractivity contribution < 1.29 is 4.42 Å². The average Bonchev–Trinajstić information content (AvgIpc) is 2.55. The maximum Gasteiger partial charge on any atom is 0.134 e. The Labute approximate surface area is 94.3 Å². The lowest BCUT2D eigenvalue weighted by molar-refractivity contribution is 0.577. The largest absolute Gasteiger partial charge is 0.461 e. The Balaban J connectivity index is 2.64. The molecule has 1 nitrogen and oxygen atoms in total. The van der Waals surface area contributed by atoms with Gasteiger partial charge in [-0.25, -0.2) is 0 Å². The number of alkyl halides is 1. The first-order valence-electron chi connectivity index (χ1n) is 4.93. The highest BCUT2D eigenvalue weighted by Gasteiger charge is 2.07. The van der Waals surface area contributed by atoms with Crippen molar-refractivity contribution >= 4 is 28.6 Å². The standard InChI is InChI=1S/C13H13ClO/c1-9(8-14)7-12-10(2)15-13-6-4-3-5-11(12)13/h3-7H,8H2,1-2H3/b9-7-. The number of aryl methyl sites for hydroxylation is 1. The first-order chi connectivity index (χ1) is 7.22. The van der Waals surface area contributed by atoms with E-state index in [1.165, 1.54) is 0 Å². The highest BCUT2D eigenvalue weighted by atomic mass is 35.5. The van der Waals surface area contributed by atoms with E-state index in [-0.39, 0.29) is 0 Å². The molecule has 0 bridgehead atoms. The zero-order valence-corrected chi connectivity index (χ0v) is 9.64. The summed E-state index contributed by atoms with van der Waals surface area (Å²) < 4.78 is 5.66. The van der Waals surface area contributed by atoms with Gasteiger partial charge in [0.1, 0.15) is 11.3 Å². The molecule has 0 aliphatic carbocycles. The molecule has 2 heteroatoms. The maximum atomic E-state index is 5.77. The Bertz CT molecular complexity index is 508. The van der Waals surface area contributed by atoms with E-state index in [0.29, 0.717) is 5.88 Å². The zero-order valence-electron chi connectivity index (χ0n) is 8.88. The monoisotopic (exact) mass is 220 g/mol. The predicted octanol–water partition coefficient (Wildman–Crippen LogP) is 4.38. The molecule has 15 heavy (non-hydrogen) atoms. The van der Waals surface area contributed by atoms with E-state index < -0.39 is 0 Å². The number of allylic oxidation sites excluding steroid dienone is 1. The smallest absolute Gasteiger partial charge is 0.134 e. The van der Waals surface area contributed by atoms with Gasteiger partial charge in [0, 0.05) is 16.8 Å². The van der Waals surface area contributed by atoms with Gasteiger partial charge in [0.05, 0.1) is 0 Å². The van der Waals surface area contributed by atoms with Crippen LogP contribution in [-0.2, 0) is 0 Å². The number of para-hydroxylation sites is 1. The summed E-state index contributed by atoms with van der Waals surface area (Å²) in [6, 6.07) is 8.05. The minimum atomic E-state index is 0.555. The van der Waals surface area contributed by atoms with Crippen LogP contribution in [0, 0.1) is 6.92 Å². The van der Waals surface area contributed by atoms with Crippen molar-refractivity contribution in [3.63, 3.8) is 0 Å². The van der Waals surface area contributed by atoms with Crippen molar-refractivity contribution in [2.75, 3.05) is 5.88 Å². The minimum absolute atomic E-state index is 0.555. The van der Waals surface area contributed by atoms with Crippen molar-refractivity contribution in [1.29, 1.82) is 0 Å². The lowest BCUT2D eigenvalue weighted by Gasteiger charge is -1.94. The van der Waals surface area contributed by atoms with Crippen LogP contribution in [0.4, 0.5) is 0 Å². The second-order valence-corrected chi connectivity index (χ2v) is 3.96. The molecule has 0 unspecified atom stereocenters. The van der Waals surface area contributed by atoms with Gasteiger partial charge in [-0.3, -0.25) is 0 Å². The molecule has 0 aliphatic heterocycles. The van der Waals surface area contributed by atoms with E-state index in [4.69, 9.17) is 16.0 Å². The first-order valence-corrected chi connectivity index (χ1v) is 5.47. The van der Waals surface area contributed by atoms with Crippen LogP contribution in [-0.4, -0.2) is 5.88 Å². The molecule has 0 saturated carbocycles. The third-order valence-corrected chi connectivity index (χ3v) is 2.84. The van der Waals surface area contributed by atoms with E-state index in [1.807, 2.05) is 32.0 Å². The number of furan rings is 1. The molecule has 1 aromatic heterocycles. The number of benzene rings is 1. The second kappa shape index (κ2) is 4.11. The van der Waals surface area contributed by atoms with Crippen molar-refractivity contribution in [2.24, 2.45) is 0 Å². The number of halogens is 1. The summed E-state index contributed by atoms with van der Waals surface area (Å²) in [4.78, 5) is 0. The fraction of sp³-hybridized carbons (Fsp3) is 0.231. The Morgan fingerprint density at radius 2 is 2.13 bits per heavy atom. The topological polar surface area (TPSA) is 13.1 Å². The Morgan fingerprint density at radius 3 is 2.87 bits per heavy atom. The van der Waals surface area contributed by atoms with E-state index in [0.717, 1.165) is 27.9 Å². The lowest BCUT2D eigenvalue weighted by atomic mass is 10.1. The van der Waals surface area contributed by atoms with Crippen LogP contribution >= 0.6 is 11.6 Å². The quantitative estimate of drug-likeness (QED) is 0.685. The highest BCUT2D eigenvalue weighted by Crippen LogP contribution is 2.27. The van der Waals surface area contributed by atoms with Crippen molar-refractivity contribution in [3.05, 3.63) is 41.2 Å². The van der Waals surface area contributed by atoms with Gasteiger partial charge in [-0.15, -0.1) is 11.6 Å². The van der Waals surface area contributed by atoms with E-state index in [2.05, 4.69) is 12.1 Å². The summed E-state index contributed by atoms with van der Waals surface area (Å²) in [6.45, 7) is 4.00. The molecule has 1 aromatic carbocycles. The number of hydrogen-bond acceptors (Lipinski definition) is 1. The number of fused-ring (bicyclic) bond motifs is 1. The Morgan fingerprint density at radius 1 is 1.40 bits per heavy atom. The first kappa shape index (κ1) is 10.3. The number of rotatable bonds is 2. The summed E-state index contributed by atoms with van der Waals surface area (Å²) in [5.74, 6) is 1.50. The summed E-state index contributed by atoms with van der Waals surface area (Å²) in [5, 5.41) is 1.15. The van der Waals surface area contributed by atoms with Gasteiger partial charge in [-0.2, -0.15) is 0 Å².